The summed E-state index contributed by atoms with van der Waals surface area (Å²) in [5, 5.41) is 9.17. The fraction of sp³-hybridized carbons (Fsp3) is 0.533. The van der Waals surface area contributed by atoms with Crippen LogP contribution in [0.5, 0.6) is 0 Å². The predicted octanol–water partition coefficient (Wildman–Crippen LogP) is 3.09. The molecule has 0 saturated carbocycles. The molecule has 1 aromatic carbocycles. The van der Waals surface area contributed by atoms with Gasteiger partial charge >= 0.3 is 5.97 Å². The van der Waals surface area contributed by atoms with Crippen LogP contribution in [0.15, 0.2) is 24.3 Å². The predicted molar refractivity (Wildman–Crippen MR) is 77.0 cm³/mol. The molecule has 0 fully saturated rings. The molecule has 0 bridgehead atoms. The minimum atomic E-state index is -1.21. The van der Waals surface area contributed by atoms with Gasteiger partial charge in [0.15, 0.2) is 0 Å². The van der Waals surface area contributed by atoms with Crippen LogP contribution in [0.1, 0.15) is 44.7 Å². The van der Waals surface area contributed by atoms with Gasteiger partial charge in [-0.05, 0) is 37.3 Å². The molecule has 0 saturated heterocycles. The molecule has 2 unspecified atom stereocenters. The van der Waals surface area contributed by atoms with Crippen molar-refractivity contribution in [1.29, 1.82) is 0 Å². The molecule has 0 aliphatic heterocycles. The van der Waals surface area contributed by atoms with Crippen molar-refractivity contribution in [1.82, 2.24) is 0 Å². The SMILES string of the molecule is CC(C)Cc1ccc(C(C)C(=O)OC(C)O[N+](=O)[O-])cc1. The first-order chi connectivity index (χ1) is 9.79. The Morgan fingerprint density at radius 1 is 1.19 bits per heavy atom. The minimum Gasteiger partial charge on any atom is -0.435 e. The summed E-state index contributed by atoms with van der Waals surface area (Å²) in [6, 6.07) is 7.72. The van der Waals surface area contributed by atoms with E-state index in [1.54, 1.807) is 6.92 Å². The molecule has 2 atom stereocenters. The van der Waals surface area contributed by atoms with E-state index in [0.717, 1.165) is 12.0 Å². The monoisotopic (exact) mass is 295 g/mol. The summed E-state index contributed by atoms with van der Waals surface area (Å²) in [5.41, 5.74) is 2.01. The van der Waals surface area contributed by atoms with Crippen LogP contribution in [-0.2, 0) is 20.8 Å². The lowest BCUT2D eigenvalue weighted by Gasteiger charge is -2.16. The van der Waals surface area contributed by atoms with Crippen LogP contribution >= 0.6 is 0 Å². The number of rotatable bonds is 7. The van der Waals surface area contributed by atoms with Gasteiger partial charge in [0.2, 0.25) is 6.29 Å². The van der Waals surface area contributed by atoms with Gasteiger partial charge in [-0.3, -0.25) is 9.63 Å². The second kappa shape index (κ2) is 7.61. The second-order valence-corrected chi connectivity index (χ2v) is 5.39. The Labute approximate surface area is 124 Å². The second-order valence-electron chi connectivity index (χ2n) is 5.39. The van der Waals surface area contributed by atoms with E-state index in [2.05, 4.69) is 18.7 Å². The van der Waals surface area contributed by atoms with Crippen LogP contribution in [0.3, 0.4) is 0 Å². The summed E-state index contributed by atoms with van der Waals surface area (Å²) in [7, 11) is 0. The van der Waals surface area contributed by atoms with Crippen LogP contribution in [0.4, 0.5) is 0 Å². The number of carbonyl (C=O) groups excluding carboxylic acids is 1. The zero-order valence-corrected chi connectivity index (χ0v) is 12.7. The van der Waals surface area contributed by atoms with Crippen LogP contribution in [0, 0.1) is 16.0 Å². The van der Waals surface area contributed by atoms with E-state index in [4.69, 9.17) is 4.74 Å². The largest absolute Gasteiger partial charge is 0.435 e. The zero-order chi connectivity index (χ0) is 16.0. The Balaban J connectivity index is 2.63. The van der Waals surface area contributed by atoms with E-state index in [-0.39, 0.29) is 0 Å². The molecule has 116 valence electrons. The third-order valence-electron chi connectivity index (χ3n) is 2.99. The molecule has 1 rings (SSSR count). The lowest BCUT2D eigenvalue weighted by Crippen LogP contribution is -2.24. The molecule has 0 aliphatic rings. The first-order valence-corrected chi connectivity index (χ1v) is 6.90. The molecule has 0 radical (unpaired) electrons. The Kier molecular flexibility index (Phi) is 6.14. The van der Waals surface area contributed by atoms with Crippen LogP contribution < -0.4 is 0 Å². The van der Waals surface area contributed by atoms with Crippen molar-refractivity contribution in [2.24, 2.45) is 5.92 Å². The molecule has 0 aromatic heterocycles. The molecule has 6 nitrogen and oxygen atoms in total. The van der Waals surface area contributed by atoms with Crippen LogP contribution in [0.25, 0.3) is 0 Å². The smallest absolute Gasteiger partial charge is 0.315 e. The quantitative estimate of drug-likeness (QED) is 0.334. The van der Waals surface area contributed by atoms with Crippen LogP contribution in [-0.4, -0.2) is 17.3 Å². The maximum absolute atomic E-state index is 11.9. The highest BCUT2D eigenvalue weighted by molar-refractivity contribution is 5.77. The third-order valence-corrected chi connectivity index (χ3v) is 2.99. The van der Waals surface area contributed by atoms with Gasteiger partial charge in [0, 0.05) is 0 Å². The van der Waals surface area contributed by atoms with Crippen molar-refractivity contribution in [2.45, 2.75) is 46.3 Å². The summed E-state index contributed by atoms with van der Waals surface area (Å²) in [4.78, 5) is 26.2. The Bertz CT molecular complexity index is 483. The number of carbonyl (C=O) groups is 1. The van der Waals surface area contributed by atoms with Crippen molar-refractivity contribution in [3.8, 4) is 0 Å². The maximum atomic E-state index is 11.9. The van der Waals surface area contributed by atoms with E-state index >= 15 is 0 Å². The summed E-state index contributed by atoms with van der Waals surface area (Å²) in [6.45, 7) is 7.28. The number of hydrogen-bond donors (Lipinski definition) is 0. The van der Waals surface area contributed by atoms with E-state index in [1.807, 2.05) is 24.3 Å². The van der Waals surface area contributed by atoms with Gasteiger partial charge in [-0.25, -0.2) is 0 Å². The highest BCUT2D eigenvalue weighted by Gasteiger charge is 2.20. The Hall–Kier alpha value is -2.11. The average Bonchev–Trinajstić information content (AvgIpc) is 2.36. The molecule has 1 aromatic rings. The lowest BCUT2D eigenvalue weighted by atomic mass is 9.97. The molecule has 0 spiro atoms. The molecule has 0 N–H and O–H groups in total. The van der Waals surface area contributed by atoms with E-state index < -0.39 is 23.3 Å². The van der Waals surface area contributed by atoms with E-state index in [1.165, 1.54) is 12.5 Å². The minimum absolute atomic E-state index is 0.504. The standard InChI is InChI=1S/C15H21NO5/c1-10(2)9-13-5-7-14(8-6-13)11(3)15(17)20-12(4)21-16(18)19/h5-8,10-12H,9H2,1-4H3. The van der Waals surface area contributed by atoms with Gasteiger partial charge in [-0.2, -0.15) is 0 Å². The van der Waals surface area contributed by atoms with E-state index in [9.17, 15) is 14.9 Å². The molecule has 0 aliphatic carbocycles. The molecule has 21 heavy (non-hydrogen) atoms. The first-order valence-electron chi connectivity index (χ1n) is 6.90. The summed E-state index contributed by atoms with van der Waals surface area (Å²) >= 11 is 0. The Morgan fingerprint density at radius 3 is 2.24 bits per heavy atom. The molecule has 0 amide bonds. The number of benzene rings is 1. The zero-order valence-electron chi connectivity index (χ0n) is 12.7. The van der Waals surface area contributed by atoms with Crippen LogP contribution in [0.2, 0.25) is 0 Å². The van der Waals surface area contributed by atoms with Gasteiger partial charge < -0.3 is 4.74 Å². The van der Waals surface area contributed by atoms with Crippen molar-refractivity contribution >= 4 is 5.97 Å². The lowest BCUT2D eigenvalue weighted by molar-refractivity contribution is -0.777. The number of hydrogen-bond acceptors (Lipinski definition) is 5. The highest BCUT2D eigenvalue weighted by atomic mass is 17.0. The first kappa shape index (κ1) is 16.9. The molecule has 0 heterocycles. The van der Waals surface area contributed by atoms with Crippen molar-refractivity contribution in [2.75, 3.05) is 0 Å². The summed E-state index contributed by atoms with van der Waals surface area (Å²) in [6.07, 6.45) is -0.234. The van der Waals surface area contributed by atoms with Gasteiger partial charge in [0.1, 0.15) is 0 Å². The fourth-order valence-corrected chi connectivity index (χ4v) is 1.96. The van der Waals surface area contributed by atoms with Crippen molar-refractivity contribution in [3.63, 3.8) is 0 Å². The number of ether oxygens (including phenoxy) is 1. The van der Waals surface area contributed by atoms with Crippen molar-refractivity contribution < 1.29 is 19.5 Å². The Morgan fingerprint density at radius 2 is 1.76 bits per heavy atom. The maximum Gasteiger partial charge on any atom is 0.315 e. The molecular formula is C15H21NO5. The molecule has 6 heteroatoms. The topological polar surface area (TPSA) is 78.7 Å². The van der Waals surface area contributed by atoms with Crippen molar-refractivity contribution in [3.05, 3.63) is 45.5 Å². The number of nitrogens with zero attached hydrogens (tertiary/aromatic N) is 1. The fourth-order valence-electron chi connectivity index (χ4n) is 1.96. The van der Waals surface area contributed by atoms with Gasteiger partial charge in [0.05, 0.1) is 5.92 Å². The summed E-state index contributed by atoms with van der Waals surface area (Å²) < 4.78 is 4.87. The van der Waals surface area contributed by atoms with Gasteiger partial charge in [0.25, 0.3) is 5.09 Å². The normalized spacial score (nSPS) is 13.6. The third kappa shape index (κ3) is 5.81. The summed E-state index contributed by atoms with van der Waals surface area (Å²) in [5.74, 6) is -0.491. The average molecular weight is 295 g/mol. The number of esters is 1. The highest BCUT2D eigenvalue weighted by Crippen LogP contribution is 2.19. The van der Waals surface area contributed by atoms with Gasteiger partial charge in [-0.15, -0.1) is 10.1 Å². The van der Waals surface area contributed by atoms with Gasteiger partial charge in [-0.1, -0.05) is 38.1 Å². The molecular weight excluding hydrogens is 274 g/mol. The van der Waals surface area contributed by atoms with E-state index in [0.29, 0.717) is 5.92 Å².